The van der Waals surface area contributed by atoms with Crippen LogP contribution in [0.15, 0.2) is 24.3 Å². The van der Waals surface area contributed by atoms with Gasteiger partial charge in [-0.25, -0.2) is 0 Å². The van der Waals surface area contributed by atoms with Gasteiger partial charge in [0.1, 0.15) is 24.8 Å². The summed E-state index contributed by atoms with van der Waals surface area (Å²) in [6.45, 7) is 0.335. The maximum absolute atomic E-state index is 12.1. The molecule has 1 aliphatic heterocycles. The number of alkyl halides is 3. The number of hydrogen-bond donors (Lipinski definition) is 1. The third-order valence-corrected chi connectivity index (χ3v) is 4.01. The van der Waals surface area contributed by atoms with Gasteiger partial charge in [-0.2, -0.15) is 13.2 Å². The van der Waals surface area contributed by atoms with Crippen molar-refractivity contribution >= 4 is 11.8 Å². The monoisotopic (exact) mass is 344 g/mol. The molecule has 0 bridgehead atoms. The number of benzene rings is 1. The van der Waals surface area contributed by atoms with Crippen molar-refractivity contribution in [3.63, 3.8) is 0 Å². The summed E-state index contributed by atoms with van der Waals surface area (Å²) in [5.41, 5.74) is 1.04. The van der Waals surface area contributed by atoms with E-state index in [1.165, 1.54) is 11.9 Å². The van der Waals surface area contributed by atoms with Crippen LogP contribution in [-0.4, -0.2) is 48.6 Å². The normalized spacial score (nSPS) is 17.6. The highest BCUT2D eigenvalue weighted by atomic mass is 19.4. The smallest absolute Gasteiger partial charge is 0.405 e. The van der Waals surface area contributed by atoms with E-state index in [0.29, 0.717) is 6.42 Å². The Balaban J connectivity index is 1.86. The van der Waals surface area contributed by atoms with Gasteiger partial charge in [-0.1, -0.05) is 18.2 Å². The van der Waals surface area contributed by atoms with Gasteiger partial charge in [0.2, 0.25) is 11.8 Å². The van der Waals surface area contributed by atoms with Crippen molar-refractivity contribution in [2.24, 2.45) is 0 Å². The van der Waals surface area contributed by atoms with E-state index in [1.807, 2.05) is 24.3 Å². The van der Waals surface area contributed by atoms with Crippen LogP contribution in [0.4, 0.5) is 13.2 Å². The van der Waals surface area contributed by atoms with Crippen molar-refractivity contribution in [3.05, 3.63) is 29.8 Å². The van der Waals surface area contributed by atoms with Gasteiger partial charge in [0.25, 0.3) is 0 Å². The molecule has 0 aromatic heterocycles. The van der Waals surface area contributed by atoms with E-state index in [2.05, 4.69) is 0 Å². The molecule has 0 aliphatic carbocycles. The predicted octanol–water partition coefficient (Wildman–Crippen LogP) is 1.91. The highest BCUT2D eigenvalue weighted by Gasteiger charge is 2.33. The van der Waals surface area contributed by atoms with E-state index in [1.54, 1.807) is 12.2 Å². The molecular formula is C16H19F3N2O3. The molecule has 0 unspecified atom stereocenters. The molecule has 1 aromatic rings. The largest absolute Gasteiger partial charge is 0.488 e. The van der Waals surface area contributed by atoms with Gasteiger partial charge < -0.3 is 15.0 Å². The molecule has 24 heavy (non-hydrogen) atoms. The van der Waals surface area contributed by atoms with Crippen LogP contribution in [0, 0.1) is 0 Å². The Morgan fingerprint density at radius 1 is 1.38 bits per heavy atom. The van der Waals surface area contributed by atoms with Gasteiger partial charge in [0, 0.05) is 13.5 Å². The molecule has 2 rings (SSSR count). The van der Waals surface area contributed by atoms with E-state index in [-0.39, 0.29) is 12.1 Å². The second kappa shape index (κ2) is 7.11. The van der Waals surface area contributed by atoms with Crippen LogP contribution in [0.3, 0.4) is 0 Å². The zero-order chi connectivity index (χ0) is 17.9. The number of fused-ring (bicyclic) bond motifs is 1. The van der Waals surface area contributed by atoms with Crippen LogP contribution in [-0.2, 0) is 16.0 Å². The minimum atomic E-state index is -4.50. The Hall–Kier alpha value is -2.25. The summed E-state index contributed by atoms with van der Waals surface area (Å²) in [6, 6.07) is 7.21. The Morgan fingerprint density at radius 2 is 2.04 bits per heavy atom. The van der Waals surface area contributed by atoms with Crippen molar-refractivity contribution in [3.8, 4) is 5.75 Å². The summed E-state index contributed by atoms with van der Waals surface area (Å²) in [6.07, 6.45) is -4.75. The van der Waals surface area contributed by atoms with Gasteiger partial charge in [0.05, 0.1) is 6.04 Å². The Bertz CT molecular complexity index is 594. The maximum Gasteiger partial charge on any atom is 0.405 e. The SMILES string of the molecule is C[C@@H]([C@@H]1Cc2ccccc2O1)N(C)C(=O)CC(=O)NCC(F)(F)F. The fourth-order valence-corrected chi connectivity index (χ4v) is 2.48. The number of amides is 2. The quantitative estimate of drug-likeness (QED) is 0.830. The fraction of sp³-hybridized carbons (Fsp3) is 0.500. The average Bonchev–Trinajstić information content (AvgIpc) is 2.94. The van der Waals surface area contributed by atoms with E-state index in [9.17, 15) is 22.8 Å². The molecule has 1 aliphatic rings. The summed E-state index contributed by atoms with van der Waals surface area (Å²) in [7, 11) is 1.51. The Morgan fingerprint density at radius 3 is 2.67 bits per heavy atom. The standard InChI is InChI=1S/C16H19F3N2O3/c1-10(13-7-11-5-3-4-6-12(11)24-13)21(2)15(23)8-14(22)20-9-16(17,18)19/h3-6,10,13H,7-9H2,1-2H3,(H,20,22)/t10-,13-/m0/s1. The maximum atomic E-state index is 12.1. The summed E-state index contributed by atoms with van der Waals surface area (Å²) in [5, 5.41) is 1.69. The Labute approximate surface area is 137 Å². The minimum absolute atomic E-state index is 0.255. The topological polar surface area (TPSA) is 58.6 Å². The molecule has 0 radical (unpaired) electrons. The molecule has 0 saturated heterocycles. The van der Waals surface area contributed by atoms with Crippen molar-refractivity contribution in [2.45, 2.75) is 38.1 Å². The van der Waals surface area contributed by atoms with Crippen molar-refractivity contribution < 1.29 is 27.5 Å². The number of hydrogen-bond acceptors (Lipinski definition) is 3. The molecule has 8 heteroatoms. The highest BCUT2D eigenvalue weighted by Crippen LogP contribution is 2.30. The zero-order valence-electron chi connectivity index (χ0n) is 13.4. The van der Waals surface area contributed by atoms with E-state index < -0.39 is 31.0 Å². The molecule has 0 spiro atoms. The van der Waals surface area contributed by atoms with Crippen LogP contribution in [0.1, 0.15) is 18.9 Å². The van der Waals surface area contributed by atoms with E-state index >= 15 is 0 Å². The second-order valence-electron chi connectivity index (χ2n) is 5.78. The lowest BCUT2D eigenvalue weighted by molar-refractivity contribution is -0.144. The molecule has 1 N–H and O–H groups in total. The first-order valence-corrected chi connectivity index (χ1v) is 7.51. The first-order valence-electron chi connectivity index (χ1n) is 7.51. The zero-order valence-corrected chi connectivity index (χ0v) is 13.4. The summed E-state index contributed by atoms with van der Waals surface area (Å²) < 4.78 is 41.9. The van der Waals surface area contributed by atoms with Gasteiger partial charge in [-0.3, -0.25) is 9.59 Å². The van der Waals surface area contributed by atoms with Gasteiger partial charge in [-0.05, 0) is 18.6 Å². The second-order valence-corrected chi connectivity index (χ2v) is 5.78. The van der Waals surface area contributed by atoms with Crippen LogP contribution < -0.4 is 10.1 Å². The molecule has 2 atom stereocenters. The molecule has 1 heterocycles. The van der Waals surface area contributed by atoms with Crippen molar-refractivity contribution in [1.29, 1.82) is 0 Å². The minimum Gasteiger partial charge on any atom is -0.488 e. The summed E-state index contributed by atoms with van der Waals surface area (Å²) in [4.78, 5) is 24.9. The highest BCUT2D eigenvalue weighted by molar-refractivity contribution is 5.96. The van der Waals surface area contributed by atoms with E-state index in [4.69, 9.17) is 4.74 Å². The van der Waals surface area contributed by atoms with Crippen LogP contribution in [0.2, 0.25) is 0 Å². The van der Waals surface area contributed by atoms with Crippen molar-refractivity contribution in [1.82, 2.24) is 10.2 Å². The first kappa shape index (κ1) is 18.1. The van der Waals surface area contributed by atoms with Crippen molar-refractivity contribution in [2.75, 3.05) is 13.6 Å². The number of para-hydroxylation sites is 1. The number of ether oxygens (including phenoxy) is 1. The predicted molar refractivity (Wildman–Crippen MR) is 80.5 cm³/mol. The summed E-state index contributed by atoms with van der Waals surface area (Å²) in [5.74, 6) is -0.744. The average molecular weight is 344 g/mol. The number of carbonyl (C=O) groups is 2. The lowest BCUT2D eigenvalue weighted by Gasteiger charge is -2.29. The van der Waals surface area contributed by atoms with Gasteiger partial charge >= 0.3 is 6.18 Å². The molecule has 132 valence electrons. The fourth-order valence-electron chi connectivity index (χ4n) is 2.48. The molecule has 1 aromatic carbocycles. The number of likely N-dealkylation sites (N-methyl/N-ethyl adjacent to an activating group) is 1. The molecule has 0 saturated carbocycles. The lowest BCUT2D eigenvalue weighted by Crippen LogP contribution is -2.46. The Kier molecular flexibility index (Phi) is 5.36. The first-order chi connectivity index (χ1) is 11.2. The van der Waals surface area contributed by atoms with E-state index in [0.717, 1.165) is 11.3 Å². The molecule has 0 fully saturated rings. The molecule has 5 nitrogen and oxygen atoms in total. The number of halogens is 3. The van der Waals surface area contributed by atoms with Crippen LogP contribution in [0.5, 0.6) is 5.75 Å². The van der Waals surface area contributed by atoms with Crippen LogP contribution in [0.25, 0.3) is 0 Å². The van der Waals surface area contributed by atoms with Crippen LogP contribution >= 0.6 is 0 Å². The lowest BCUT2D eigenvalue weighted by atomic mass is 10.0. The summed E-state index contributed by atoms with van der Waals surface area (Å²) >= 11 is 0. The number of carbonyl (C=O) groups excluding carboxylic acids is 2. The third-order valence-electron chi connectivity index (χ3n) is 4.01. The third kappa shape index (κ3) is 4.62. The number of nitrogens with zero attached hydrogens (tertiary/aromatic N) is 1. The van der Waals surface area contributed by atoms with Gasteiger partial charge in [0.15, 0.2) is 0 Å². The number of nitrogens with one attached hydrogen (secondary N) is 1. The molecular weight excluding hydrogens is 325 g/mol. The number of rotatable bonds is 5. The molecule has 2 amide bonds. The van der Waals surface area contributed by atoms with Gasteiger partial charge in [-0.15, -0.1) is 0 Å².